The third kappa shape index (κ3) is 3.14. The molecule has 21 heavy (non-hydrogen) atoms. The van der Waals surface area contributed by atoms with E-state index in [-0.39, 0.29) is 5.56 Å². The molecule has 2 aromatic carbocycles. The van der Waals surface area contributed by atoms with Crippen LogP contribution in [-0.4, -0.2) is 9.97 Å². The van der Waals surface area contributed by atoms with Gasteiger partial charge in [0, 0.05) is 0 Å². The first-order valence-electron chi connectivity index (χ1n) is 6.95. The molecule has 3 rings (SSSR count). The number of aryl methyl sites for hydroxylation is 2. The number of hydrogen-bond donors (Lipinski definition) is 1. The lowest BCUT2D eigenvalue weighted by atomic mass is 10.1. The molecule has 0 aliphatic carbocycles. The van der Waals surface area contributed by atoms with Gasteiger partial charge in [0.1, 0.15) is 11.2 Å². The van der Waals surface area contributed by atoms with Gasteiger partial charge in [-0.2, -0.15) is 0 Å². The van der Waals surface area contributed by atoms with Crippen LogP contribution >= 0.6 is 11.6 Å². The number of halogens is 1. The molecule has 0 radical (unpaired) electrons. The summed E-state index contributed by atoms with van der Waals surface area (Å²) < 4.78 is 0. The Morgan fingerprint density at radius 3 is 2.62 bits per heavy atom. The Labute approximate surface area is 127 Å². The van der Waals surface area contributed by atoms with Gasteiger partial charge in [0.15, 0.2) is 0 Å². The van der Waals surface area contributed by atoms with Gasteiger partial charge in [0.25, 0.3) is 5.56 Å². The van der Waals surface area contributed by atoms with Gasteiger partial charge in [-0.05, 0) is 37.0 Å². The minimum absolute atomic E-state index is 0.127. The number of nitrogens with zero attached hydrogens (tertiary/aromatic N) is 1. The van der Waals surface area contributed by atoms with Crippen molar-refractivity contribution >= 4 is 22.6 Å². The van der Waals surface area contributed by atoms with Crippen molar-refractivity contribution in [3.63, 3.8) is 0 Å². The zero-order chi connectivity index (χ0) is 14.7. The van der Waals surface area contributed by atoms with Crippen molar-refractivity contribution in [3.05, 3.63) is 75.2 Å². The number of nitrogens with one attached hydrogen (secondary N) is 1. The van der Waals surface area contributed by atoms with Crippen molar-refractivity contribution in [3.8, 4) is 0 Å². The molecule has 0 bridgehead atoms. The predicted octanol–water partition coefficient (Wildman–Crippen LogP) is 3.75. The highest BCUT2D eigenvalue weighted by atomic mass is 35.5. The van der Waals surface area contributed by atoms with Crippen molar-refractivity contribution in [2.45, 2.75) is 19.3 Å². The maximum atomic E-state index is 12.0. The van der Waals surface area contributed by atoms with Gasteiger partial charge in [-0.1, -0.05) is 48.0 Å². The summed E-state index contributed by atoms with van der Waals surface area (Å²) in [5.74, 6) is 0. The van der Waals surface area contributed by atoms with E-state index in [0.717, 1.165) is 12.8 Å². The first-order valence-corrected chi connectivity index (χ1v) is 7.33. The van der Waals surface area contributed by atoms with E-state index >= 15 is 0 Å². The number of benzene rings is 2. The standard InChI is InChI=1S/C17H15ClN2O/c18-13-9-5-10-14-16(13)19-15(17(21)20-14)11-4-8-12-6-2-1-3-7-12/h1-3,5-7,9-10H,4,8,11H2,(H,20,21). The summed E-state index contributed by atoms with van der Waals surface area (Å²) in [6, 6.07) is 15.6. The van der Waals surface area contributed by atoms with Crippen molar-refractivity contribution < 1.29 is 0 Å². The Morgan fingerprint density at radius 2 is 1.81 bits per heavy atom. The number of aromatic nitrogens is 2. The van der Waals surface area contributed by atoms with Crippen LogP contribution < -0.4 is 5.56 Å². The molecule has 0 amide bonds. The van der Waals surface area contributed by atoms with Crippen molar-refractivity contribution in [2.24, 2.45) is 0 Å². The van der Waals surface area contributed by atoms with Crippen LogP contribution in [0.25, 0.3) is 11.0 Å². The average molecular weight is 299 g/mol. The first-order chi connectivity index (χ1) is 10.2. The second-order valence-electron chi connectivity index (χ2n) is 4.99. The quantitative estimate of drug-likeness (QED) is 0.797. The third-order valence-electron chi connectivity index (χ3n) is 3.47. The molecule has 4 heteroatoms. The van der Waals surface area contributed by atoms with Gasteiger partial charge < -0.3 is 4.98 Å². The zero-order valence-corrected chi connectivity index (χ0v) is 12.2. The fourth-order valence-corrected chi connectivity index (χ4v) is 2.60. The molecule has 106 valence electrons. The highest BCUT2D eigenvalue weighted by molar-refractivity contribution is 6.34. The topological polar surface area (TPSA) is 45.8 Å². The van der Waals surface area contributed by atoms with Crippen LogP contribution in [0, 0.1) is 0 Å². The van der Waals surface area contributed by atoms with Gasteiger partial charge in [-0.3, -0.25) is 4.79 Å². The molecule has 0 atom stereocenters. The molecule has 0 saturated heterocycles. The highest BCUT2D eigenvalue weighted by Crippen LogP contribution is 2.18. The predicted molar refractivity (Wildman–Crippen MR) is 85.8 cm³/mol. The molecule has 0 saturated carbocycles. The second-order valence-corrected chi connectivity index (χ2v) is 5.39. The van der Waals surface area contributed by atoms with Crippen molar-refractivity contribution in [1.82, 2.24) is 9.97 Å². The van der Waals surface area contributed by atoms with E-state index < -0.39 is 0 Å². The molecule has 1 aromatic heterocycles. The fraction of sp³-hybridized carbons (Fsp3) is 0.176. The molecule has 0 aliphatic heterocycles. The Balaban J connectivity index is 1.79. The Morgan fingerprint density at radius 1 is 1.00 bits per heavy atom. The van der Waals surface area contributed by atoms with Crippen molar-refractivity contribution in [2.75, 3.05) is 0 Å². The lowest BCUT2D eigenvalue weighted by molar-refractivity contribution is 0.791. The van der Waals surface area contributed by atoms with Crippen molar-refractivity contribution in [1.29, 1.82) is 0 Å². The van der Waals surface area contributed by atoms with Gasteiger partial charge >= 0.3 is 0 Å². The van der Waals surface area contributed by atoms with E-state index in [0.29, 0.717) is 28.2 Å². The largest absolute Gasteiger partial charge is 0.319 e. The van der Waals surface area contributed by atoms with E-state index in [1.54, 1.807) is 12.1 Å². The smallest absolute Gasteiger partial charge is 0.270 e. The van der Waals surface area contributed by atoms with Crippen LogP contribution in [-0.2, 0) is 12.8 Å². The van der Waals surface area contributed by atoms with Crippen LogP contribution in [0.4, 0.5) is 0 Å². The maximum Gasteiger partial charge on any atom is 0.270 e. The second kappa shape index (κ2) is 6.10. The fourth-order valence-electron chi connectivity index (χ4n) is 2.38. The molecular formula is C17H15ClN2O. The molecule has 0 aliphatic rings. The van der Waals surface area contributed by atoms with Crippen LogP contribution in [0.2, 0.25) is 5.02 Å². The summed E-state index contributed by atoms with van der Waals surface area (Å²) in [6.07, 6.45) is 2.46. The molecule has 1 N–H and O–H groups in total. The first kappa shape index (κ1) is 13.8. The van der Waals surface area contributed by atoms with Crippen LogP contribution in [0.3, 0.4) is 0 Å². The molecule has 0 unspecified atom stereocenters. The number of aromatic amines is 1. The molecule has 0 fully saturated rings. The molecular weight excluding hydrogens is 284 g/mol. The number of H-pyrrole nitrogens is 1. The summed E-state index contributed by atoms with van der Waals surface area (Å²) in [4.78, 5) is 19.3. The molecule has 1 heterocycles. The highest BCUT2D eigenvalue weighted by Gasteiger charge is 2.07. The van der Waals surface area contributed by atoms with E-state index in [2.05, 4.69) is 22.1 Å². The van der Waals surface area contributed by atoms with Gasteiger partial charge in [0.05, 0.1) is 10.5 Å². The summed E-state index contributed by atoms with van der Waals surface area (Å²) >= 11 is 6.13. The molecule has 3 aromatic rings. The maximum absolute atomic E-state index is 12.0. The monoisotopic (exact) mass is 298 g/mol. The molecule has 0 spiro atoms. The lowest BCUT2D eigenvalue weighted by Gasteiger charge is -2.04. The third-order valence-corrected chi connectivity index (χ3v) is 3.77. The van der Waals surface area contributed by atoms with Crippen LogP contribution in [0.15, 0.2) is 53.3 Å². The number of para-hydroxylation sites is 1. The number of rotatable bonds is 4. The zero-order valence-electron chi connectivity index (χ0n) is 11.5. The van der Waals surface area contributed by atoms with E-state index in [9.17, 15) is 4.79 Å². The normalized spacial score (nSPS) is 10.9. The van der Waals surface area contributed by atoms with E-state index in [4.69, 9.17) is 11.6 Å². The summed E-state index contributed by atoms with van der Waals surface area (Å²) in [5.41, 5.74) is 3.03. The SMILES string of the molecule is O=c1[nH]c2cccc(Cl)c2nc1CCCc1ccccc1. The van der Waals surface area contributed by atoms with Gasteiger partial charge in [0.2, 0.25) is 0 Å². The minimum Gasteiger partial charge on any atom is -0.319 e. The summed E-state index contributed by atoms with van der Waals surface area (Å²) in [6.45, 7) is 0. The Hall–Kier alpha value is -2.13. The van der Waals surface area contributed by atoms with Gasteiger partial charge in [-0.15, -0.1) is 0 Å². The number of hydrogen-bond acceptors (Lipinski definition) is 2. The lowest BCUT2D eigenvalue weighted by Crippen LogP contribution is -2.15. The van der Waals surface area contributed by atoms with Gasteiger partial charge in [-0.25, -0.2) is 4.98 Å². The van der Waals surface area contributed by atoms with Crippen LogP contribution in [0.1, 0.15) is 17.7 Å². The Bertz CT molecular complexity index is 812. The van der Waals surface area contributed by atoms with E-state index in [1.165, 1.54) is 5.56 Å². The van der Waals surface area contributed by atoms with Crippen LogP contribution in [0.5, 0.6) is 0 Å². The summed E-state index contributed by atoms with van der Waals surface area (Å²) in [7, 11) is 0. The van der Waals surface area contributed by atoms with E-state index in [1.807, 2.05) is 24.3 Å². The summed E-state index contributed by atoms with van der Waals surface area (Å²) in [5, 5.41) is 0.563. The average Bonchev–Trinajstić information content (AvgIpc) is 2.50. The molecule has 3 nitrogen and oxygen atoms in total. The Kier molecular flexibility index (Phi) is 4.02. The minimum atomic E-state index is -0.127. The number of fused-ring (bicyclic) bond motifs is 1.